The quantitative estimate of drug-likeness (QED) is 0.217. The van der Waals surface area contributed by atoms with Crippen molar-refractivity contribution in [3.63, 3.8) is 0 Å². The van der Waals surface area contributed by atoms with Gasteiger partial charge >= 0.3 is 0 Å². The number of carbonyl (C=O) groups excluding carboxylic acids is 1. The number of ether oxygens (including phenoxy) is 1. The van der Waals surface area contributed by atoms with Crippen LogP contribution in [0.25, 0.3) is 0 Å². The number of benzene rings is 2. The second-order valence-corrected chi connectivity index (χ2v) is 11.1. The van der Waals surface area contributed by atoms with Gasteiger partial charge in [-0.15, -0.1) is 11.8 Å². The molecule has 0 radical (unpaired) electrons. The Labute approximate surface area is 222 Å². The molecule has 1 heterocycles. The van der Waals surface area contributed by atoms with Gasteiger partial charge in [-0.05, 0) is 53.6 Å². The van der Waals surface area contributed by atoms with Gasteiger partial charge in [0.1, 0.15) is 5.75 Å². The topological polar surface area (TPSA) is 41.6 Å². The summed E-state index contributed by atoms with van der Waals surface area (Å²) in [4.78, 5) is 16.2. The van der Waals surface area contributed by atoms with Crippen LogP contribution in [0.15, 0.2) is 59.6 Å². The van der Waals surface area contributed by atoms with Crippen LogP contribution in [-0.2, 0) is 17.8 Å². The molecule has 1 amide bonds. The molecule has 2 aromatic carbocycles. The van der Waals surface area contributed by atoms with Crippen LogP contribution in [0.5, 0.6) is 5.75 Å². The van der Waals surface area contributed by atoms with Crippen LogP contribution in [0.4, 0.5) is 5.69 Å². The largest absolute Gasteiger partial charge is 0.494 e. The van der Waals surface area contributed by atoms with Gasteiger partial charge in [-0.3, -0.25) is 4.79 Å². The number of unbranched alkanes of at least 4 members (excludes halogenated alkanes) is 9. The van der Waals surface area contributed by atoms with E-state index in [-0.39, 0.29) is 5.91 Å². The second kappa shape index (κ2) is 16.4. The number of hydrogen-bond acceptors (Lipinski definition) is 4. The van der Waals surface area contributed by atoms with Crippen molar-refractivity contribution >= 4 is 23.4 Å². The molecule has 0 atom stereocenters. The van der Waals surface area contributed by atoms with Gasteiger partial charge in [0.2, 0.25) is 5.91 Å². The minimum absolute atomic E-state index is 0.00125. The van der Waals surface area contributed by atoms with Crippen molar-refractivity contribution in [3.05, 3.63) is 70.8 Å². The maximum absolute atomic E-state index is 12.6. The highest BCUT2D eigenvalue weighted by atomic mass is 32.2. The molecule has 0 unspecified atom stereocenters. The Morgan fingerprint density at radius 1 is 0.917 bits per heavy atom. The van der Waals surface area contributed by atoms with Crippen LogP contribution < -0.4 is 10.1 Å². The zero-order valence-corrected chi connectivity index (χ0v) is 23.1. The van der Waals surface area contributed by atoms with Crippen molar-refractivity contribution in [2.24, 2.45) is 0 Å². The molecule has 3 rings (SSSR count). The highest BCUT2D eigenvalue weighted by Crippen LogP contribution is 2.26. The van der Waals surface area contributed by atoms with Crippen molar-refractivity contribution in [2.75, 3.05) is 17.8 Å². The first-order valence-corrected chi connectivity index (χ1v) is 14.8. The average Bonchev–Trinajstić information content (AvgIpc) is 3.28. The van der Waals surface area contributed by atoms with Gasteiger partial charge in [0.25, 0.3) is 0 Å². The highest BCUT2D eigenvalue weighted by molar-refractivity contribution is 8.03. The van der Waals surface area contributed by atoms with Crippen molar-refractivity contribution in [2.45, 2.75) is 91.0 Å². The molecular formula is C31H44N2O2S. The van der Waals surface area contributed by atoms with Crippen LogP contribution in [-0.4, -0.2) is 23.3 Å². The summed E-state index contributed by atoms with van der Waals surface area (Å²) in [6.45, 7) is 6.02. The minimum atomic E-state index is -0.00125. The SMILES string of the molecule is CCCCCCCCCCCCOc1ccc(CC(=O)Nc2cccc(CN3C=C(C)SC3)c2)cc1. The van der Waals surface area contributed by atoms with E-state index in [1.54, 1.807) is 0 Å². The molecule has 0 spiro atoms. The van der Waals surface area contributed by atoms with Crippen molar-refractivity contribution in [1.82, 2.24) is 4.90 Å². The Hall–Kier alpha value is -2.40. The molecule has 5 heteroatoms. The minimum Gasteiger partial charge on any atom is -0.494 e. The normalized spacial score (nSPS) is 13.1. The first-order chi connectivity index (χ1) is 17.6. The molecule has 0 saturated carbocycles. The van der Waals surface area contributed by atoms with Crippen molar-refractivity contribution in [3.8, 4) is 5.75 Å². The smallest absolute Gasteiger partial charge is 0.228 e. The Morgan fingerprint density at radius 2 is 1.61 bits per heavy atom. The van der Waals surface area contributed by atoms with Gasteiger partial charge in [-0.2, -0.15) is 0 Å². The zero-order chi connectivity index (χ0) is 25.4. The van der Waals surface area contributed by atoms with E-state index in [9.17, 15) is 4.79 Å². The number of anilines is 1. The standard InChI is InChI=1S/C31H44N2O2S/c1-3-4-5-6-7-8-9-10-11-12-20-35-30-18-16-27(17-19-30)22-31(34)32-29-15-13-14-28(21-29)24-33-23-26(2)36-25-33/h13-19,21,23H,3-12,20,22,24-25H2,1-2H3,(H,32,34). The Bertz CT molecular complexity index is 942. The van der Waals surface area contributed by atoms with Crippen molar-refractivity contribution < 1.29 is 9.53 Å². The molecule has 0 saturated heterocycles. The Balaban J connectivity index is 1.29. The van der Waals surface area contributed by atoms with Gasteiger partial charge in [-0.1, -0.05) is 89.0 Å². The fourth-order valence-corrected chi connectivity index (χ4v) is 5.22. The van der Waals surface area contributed by atoms with Gasteiger partial charge in [0, 0.05) is 18.4 Å². The highest BCUT2D eigenvalue weighted by Gasteiger charge is 2.11. The van der Waals surface area contributed by atoms with Crippen LogP contribution in [0.3, 0.4) is 0 Å². The fourth-order valence-electron chi connectivity index (χ4n) is 4.46. The lowest BCUT2D eigenvalue weighted by atomic mass is 10.1. The summed E-state index contributed by atoms with van der Waals surface area (Å²) in [5, 5.41) is 3.05. The average molecular weight is 509 g/mol. The number of nitrogens with zero attached hydrogens (tertiary/aromatic N) is 1. The lowest BCUT2D eigenvalue weighted by Crippen LogP contribution is -2.15. The summed E-state index contributed by atoms with van der Waals surface area (Å²) < 4.78 is 5.90. The van der Waals surface area contributed by atoms with Gasteiger partial charge in [0.15, 0.2) is 0 Å². The van der Waals surface area contributed by atoms with Crippen LogP contribution >= 0.6 is 11.8 Å². The first-order valence-electron chi connectivity index (χ1n) is 13.8. The van der Waals surface area contributed by atoms with E-state index < -0.39 is 0 Å². The molecule has 0 aliphatic carbocycles. The van der Waals surface area contributed by atoms with Crippen molar-refractivity contribution in [1.29, 1.82) is 0 Å². The summed E-state index contributed by atoms with van der Waals surface area (Å²) in [7, 11) is 0. The molecule has 1 aliphatic heterocycles. The number of allylic oxidation sites excluding steroid dienone is 1. The van der Waals surface area contributed by atoms with E-state index in [2.05, 4.69) is 42.4 Å². The fraction of sp³-hybridized carbons (Fsp3) is 0.516. The number of carbonyl (C=O) groups is 1. The predicted octanol–water partition coefficient (Wildman–Crippen LogP) is 8.54. The maximum atomic E-state index is 12.6. The number of rotatable bonds is 17. The number of amides is 1. The molecule has 0 fully saturated rings. The third-order valence-corrected chi connectivity index (χ3v) is 7.49. The Kier molecular flexibility index (Phi) is 12.8. The van der Waals surface area contributed by atoms with E-state index >= 15 is 0 Å². The molecule has 2 aromatic rings. The number of hydrogen-bond donors (Lipinski definition) is 1. The van der Waals surface area contributed by atoms with Crippen LogP contribution in [0.1, 0.15) is 89.2 Å². The summed E-state index contributed by atoms with van der Waals surface area (Å²) in [5.41, 5.74) is 3.04. The molecule has 1 aliphatic rings. The van der Waals surface area contributed by atoms with E-state index in [0.717, 1.165) is 42.4 Å². The van der Waals surface area contributed by atoms with E-state index in [1.165, 1.54) is 68.3 Å². The molecule has 0 bridgehead atoms. The van der Waals surface area contributed by atoms with E-state index in [0.29, 0.717) is 6.42 Å². The van der Waals surface area contributed by atoms with Gasteiger partial charge < -0.3 is 15.0 Å². The van der Waals surface area contributed by atoms with Crippen LogP contribution in [0, 0.1) is 0 Å². The third-order valence-electron chi connectivity index (χ3n) is 6.47. The lowest BCUT2D eigenvalue weighted by Gasteiger charge is -2.15. The molecule has 36 heavy (non-hydrogen) atoms. The summed E-state index contributed by atoms with van der Waals surface area (Å²) >= 11 is 1.86. The molecule has 196 valence electrons. The maximum Gasteiger partial charge on any atom is 0.228 e. The van der Waals surface area contributed by atoms with Gasteiger partial charge in [-0.25, -0.2) is 0 Å². The lowest BCUT2D eigenvalue weighted by molar-refractivity contribution is -0.115. The van der Waals surface area contributed by atoms with E-state index in [4.69, 9.17) is 4.74 Å². The summed E-state index contributed by atoms with van der Waals surface area (Å²) in [6, 6.07) is 16.1. The van der Waals surface area contributed by atoms with Crippen LogP contribution in [0.2, 0.25) is 0 Å². The summed E-state index contributed by atoms with van der Waals surface area (Å²) in [6.07, 6.45) is 15.8. The Morgan fingerprint density at radius 3 is 2.28 bits per heavy atom. The number of nitrogens with one attached hydrogen (secondary N) is 1. The zero-order valence-electron chi connectivity index (χ0n) is 22.3. The molecular weight excluding hydrogens is 464 g/mol. The first kappa shape index (κ1) is 28.2. The molecule has 0 aromatic heterocycles. The van der Waals surface area contributed by atoms with E-state index in [1.807, 2.05) is 48.2 Å². The molecule has 1 N–H and O–H groups in total. The third kappa shape index (κ3) is 11.1. The molecule has 4 nitrogen and oxygen atoms in total. The van der Waals surface area contributed by atoms with Gasteiger partial charge in [0.05, 0.1) is 18.9 Å². The number of thioether (sulfide) groups is 1. The monoisotopic (exact) mass is 508 g/mol. The summed E-state index contributed by atoms with van der Waals surface area (Å²) in [5.74, 6) is 1.87. The second-order valence-electron chi connectivity index (χ2n) is 9.86. The predicted molar refractivity (Wildman–Crippen MR) is 154 cm³/mol.